The monoisotopic (exact) mass is 428 g/mol. The van der Waals surface area contributed by atoms with Crippen molar-refractivity contribution >= 4 is 34.8 Å². The standard InChI is InChI=1S/C22H15ClF2N2O3/c23-16-5-3-7-18(25)15(16)11-27-19-10-13(8-9-20(19)30-12-21(27)28)26-22(29)14-4-1-2-6-17(14)24/h1-10H,11-12H2,(H,26,29). The third kappa shape index (κ3) is 3.84. The van der Waals surface area contributed by atoms with E-state index in [9.17, 15) is 18.4 Å². The Morgan fingerprint density at radius 2 is 1.83 bits per heavy atom. The Morgan fingerprint density at radius 3 is 2.60 bits per heavy atom. The van der Waals surface area contributed by atoms with E-state index in [1.807, 2.05) is 0 Å². The molecule has 1 aliphatic heterocycles. The molecule has 0 unspecified atom stereocenters. The topological polar surface area (TPSA) is 58.6 Å². The molecule has 1 N–H and O–H groups in total. The van der Waals surface area contributed by atoms with Crippen LogP contribution in [0.4, 0.5) is 20.2 Å². The Bertz CT molecular complexity index is 1130. The van der Waals surface area contributed by atoms with Crippen LogP contribution in [0.3, 0.4) is 0 Å². The number of carbonyl (C=O) groups excluding carboxylic acids is 2. The van der Waals surface area contributed by atoms with Crippen molar-refractivity contribution in [2.75, 3.05) is 16.8 Å². The number of hydrogen-bond donors (Lipinski definition) is 1. The molecule has 0 aliphatic carbocycles. The van der Waals surface area contributed by atoms with Gasteiger partial charge in [-0.25, -0.2) is 8.78 Å². The molecule has 1 aliphatic rings. The van der Waals surface area contributed by atoms with Crippen LogP contribution in [0.25, 0.3) is 0 Å². The first-order valence-corrected chi connectivity index (χ1v) is 9.38. The van der Waals surface area contributed by atoms with Gasteiger partial charge in [-0.2, -0.15) is 0 Å². The smallest absolute Gasteiger partial charge is 0.265 e. The summed E-state index contributed by atoms with van der Waals surface area (Å²) in [5.74, 6) is -1.82. The minimum atomic E-state index is -0.651. The van der Waals surface area contributed by atoms with Crippen LogP contribution < -0.4 is 15.0 Å². The lowest BCUT2D eigenvalue weighted by atomic mass is 10.1. The predicted octanol–water partition coefficient (Wildman–Crippen LogP) is 4.80. The lowest BCUT2D eigenvalue weighted by Crippen LogP contribution is -2.38. The molecule has 0 fully saturated rings. The first-order chi connectivity index (χ1) is 14.4. The van der Waals surface area contributed by atoms with E-state index in [1.54, 1.807) is 18.2 Å². The highest BCUT2D eigenvalue weighted by atomic mass is 35.5. The first kappa shape index (κ1) is 19.8. The van der Waals surface area contributed by atoms with E-state index in [4.69, 9.17) is 16.3 Å². The molecule has 4 rings (SSSR count). The van der Waals surface area contributed by atoms with Gasteiger partial charge in [0.15, 0.2) is 6.61 Å². The SMILES string of the molecule is O=C(Nc1ccc2c(c1)N(Cc1c(F)cccc1Cl)C(=O)CO2)c1ccccc1F. The second-order valence-electron chi connectivity index (χ2n) is 6.59. The summed E-state index contributed by atoms with van der Waals surface area (Å²) in [6, 6.07) is 14.5. The zero-order valence-electron chi connectivity index (χ0n) is 15.5. The normalized spacial score (nSPS) is 12.9. The van der Waals surface area contributed by atoms with Gasteiger partial charge in [0.2, 0.25) is 0 Å². The highest BCUT2D eigenvalue weighted by Crippen LogP contribution is 2.36. The Hall–Kier alpha value is -3.45. The van der Waals surface area contributed by atoms with E-state index in [0.29, 0.717) is 17.1 Å². The fraction of sp³-hybridized carbons (Fsp3) is 0.0909. The summed E-state index contributed by atoms with van der Waals surface area (Å²) in [7, 11) is 0. The average molecular weight is 429 g/mol. The van der Waals surface area contributed by atoms with Gasteiger partial charge < -0.3 is 15.0 Å². The number of amides is 2. The number of rotatable bonds is 4. The van der Waals surface area contributed by atoms with E-state index >= 15 is 0 Å². The second kappa shape index (κ2) is 8.12. The van der Waals surface area contributed by atoms with Crippen LogP contribution in [0, 0.1) is 11.6 Å². The molecule has 0 bridgehead atoms. The third-order valence-corrected chi connectivity index (χ3v) is 5.01. The molecule has 0 aromatic heterocycles. The minimum absolute atomic E-state index is 0.106. The molecule has 3 aromatic rings. The fourth-order valence-corrected chi connectivity index (χ4v) is 3.36. The zero-order chi connectivity index (χ0) is 21.3. The molecule has 1 heterocycles. The number of anilines is 2. The summed E-state index contributed by atoms with van der Waals surface area (Å²) >= 11 is 6.10. The van der Waals surface area contributed by atoms with Crippen LogP contribution in [0.5, 0.6) is 5.75 Å². The maximum Gasteiger partial charge on any atom is 0.265 e. The largest absolute Gasteiger partial charge is 0.482 e. The number of ether oxygens (including phenoxy) is 1. The van der Waals surface area contributed by atoms with E-state index in [-0.39, 0.29) is 35.2 Å². The summed E-state index contributed by atoms with van der Waals surface area (Å²) in [5, 5.41) is 2.79. The van der Waals surface area contributed by atoms with Crippen LogP contribution in [-0.4, -0.2) is 18.4 Å². The second-order valence-corrected chi connectivity index (χ2v) is 6.99. The lowest BCUT2D eigenvalue weighted by Gasteiger charge is -2.30. The third-order valence-electron chi connectivity index (χ3n) is 4.66. The highest BCUT2D eigenvalue weighted by Gasteiger charge is 2.28. The fourth-order valence-electron chi connectivity index (χ4n) is 3.14. The Balaban J connectivity index is 1.65. The molecule has 2 amide bonds. The van der Waals surface area contributed by atoms with E-state index in [2.05, 4.69) is 5.32 Å². The summed E-state index contributed by atoms with van der Waals surface area (Å²) in [4.78, 5) is 26.2. The maximum absolute atomic E-state index is 14.2. The molecule has 0 atom stereocenters. The number of nitrogens with one attached hydrogen (secondary N) is 1. The maximum atomic E-state index is 14.2. The quantitative estimate of drug-likeness (QED) is 0.649. The molecule has 0 saturated carbocycles. The highest BCUT2D eigenvalue weighted by molar-refractivity contribution is 6.31. The minimum Gasteiger partial charge on any atom is -0.482 e. The summed E-state index contributed by atoms with van der Waals surface area (Å²) in [6.07, 6.45) is 0. The summed E-state index contributed by atoms with van der Waals surface area (Å²) in [6.45, 7) is -0.314. The van der Waals surface area contributed by atoms with Gasteiger partial charge in [0.1, 0.15) is 17.4 Å². The first-order valence-electron chi connectivity index (χ1n) is 9.00. The van der Waals surface area contributed by atoms with Gasteiger partial charge in [-0.05, 0) is 42.5 Å². The van der Waals surface area contributed by atoms with Gasteiger partial charge in [-0.1, -0.05) is 29.8 Å². The number of hydrogen-bond acceptors (Lipinski definition) is 3. The Labute approximate surface area is 175 Å². The molecule has 3 aromatic carbocycles. The molecular weight excluding hydrogens is 414 g/mol. The van der Waals surface area contributed by atoms with Crippen molar-refractivity contribution in [3.05, 3.63) is 88.4 Å². The molecule has 30 heavy (non-hydrogen) atoms. The van der Waals surface area contributed by atoms with Crippen LogP contribution in [0.2, 0.25) is 5.02 Å². The van der Waals surface area contributed by atoms with E-state index < -0.39 is 17.5 Å². The van der Waals surface area contributed by atoms with E-state index in [0.717, 1.165) is 0 Å². The van der Waals surface area contributed by atoms with Crippen molar-refractivity contribution in [1.82, 2.24) is 0 Å². The molecule has 0 radical (unpaired) electrons. The molecule has 5 nitrogen and oxygen atoms in total. The van der Waals surface area contributed by atoms with Gasteiger partial charge in [-0.15, -0.1) is 0 Å². The van der Waals surface area contributed by atoms with Crippen LogP contribution in [-0.2, 0) is 11.3 Å². The Morgan fingerprint density at radius 1 is 1.07 bits per heavy atom. The van der Waals surface area contributed by atoms with Gasteiger partial charge in [0, 0.05) is 16.3 Å². The van der Waals surface area contributed by atoms with Gasteiger partial charge in [-0.3, -0.25) is 9.59 Å². The predicted molar refractivity (Wildman–Crippen MR) is 109 cm³/mol. The Kier molecular flexibility index (Phi) is 5.37. The van der Waals surface area contributed by atoms with Crippen molar-refractivity contribution in [3.63, 3.8) is 0 Å². The van der Waals surface area contributed by atoms with Crippen molar-refractivity contribution in [1.29, 1.82) is 0 Å². The van der Waals surface area contributed by atoms with E-state index in [1.165, 1.54) is 47.4 Å². The van der Waals surface area contributed by atoms with Crippen molar-refractivity contribution in [2.45, 2.75) is 6.54 Å². The average Bonchev–Trinajstić information content (AvgIpc) is 2.72. The number of carbonyl (C=O) groups is 2. The van der Waals surface area contributed by atoms with Crippen molar-refractivity contribution in [3.8, 4) is 5.75 Å². The molecule has 8 heteroatoms. The summed E-state index contributed by atoms with van der Waals surface area (Å²) < 4.78 is 33.5. The van der Waals surface area contributed by atoms with Crippen LogP contribution in [0.1, 0.15) is 15.9 Å². The number of fused-ring (bicyclic) bond motifs is 1. The van der Waals surface area contributed by atoms with Crippen LogP contribution >= 0.6 is 11.6 Å². The molecule has 0 saturated heterocycles. The lowest BCUT2D eigenvalue weighted by molar-refractivity contribution is -0.121. The van der Waals surface area contributed by atoms with Crippen molar-refractivity contribution < 1.29 is 23.1 Å². The molecule has 152 valence electrons. The van der Waals surface area contributed by atoms with Crippen molar-refractivity contribution in [2.24, 2.45) is 0 Å². The van der Waals surface area contributed by atoms with Crippen LogP contribution in [0.15, 0.2) is 60.7 Å². The van der Waals surface area contributed by atoms with Gasteiger partial charge in [0.05, 0.1) is 17.8 Å². The van der Waals surface area contributed by atoms with Gasteiger partial charge >= 0.3 is 0 Å². The molecular formula is C22H15ClF2N2O3. The van der Waals surface area contributed by atoms with Gasteiger partial charge in [0.25, 0.3) is 11.8 Å². The molecule has 0 spiro atoms. The number of benzene rings is 3. The summed E-state index contributed by atoms with van der Waals surface area (Å²) in [5.41, 5.74) is 0.723. The number of nitrogens with zero attached hydrogens (tertiary/aromatic N) is 1. The zero-order valence-corrected chi connectivity index (χ0v) is 16.2. The number of halogens is 3.